The second-order valence-electron chi connectivity index (χ2n) is 6.89. The Morgan fingerprint density at radius 1 is 1.38 bits per heavy atom. The smallest absolute Gasteiger partial charge is 0.251 e. The lowest BCUT2D eigenvalue weighted by atomic mass is 10.1. The molecular weight excluding hydrogens is 302 g/mol. The highest BCUT2D eigenvalue weighted by atomic mass is 16.2. The first-order valence-corrected chi connectivity index (χ1v) is 8.60. The van der Waals surface area contributed by atoms with Crippen LogP contribution in [0.15, 0.2) is 18.2 Å². The molecule has 0 bridgehead atoms. The molecule has 1 aliphatic rings. The molecule has 2 amide bonds. The number of rotatable bonds is 5. The maximum absolute atomic E-state index is 12.4. The minimum Gasteiger partial charge on any atom is -0.358 e. The summed E-state index contributed by atoms with van der Waals surface area (Å²) in [6.07, 6.45) is 1.61. The van der Waals surface area contributed by atoms with Crippen molar-refractivity contribution < 1.29 is 9.59 Å². The van der Waals surface area contributed by atoms with Crippen LogP contribution in [0.2, 0.25) is 0 Å². The number of carbonyl (C=O) groups excluding carboxylic acids is 2. The van der Waals surface area contributed by atoms with E-state index in [2.05, 4.69) is 24.1 Å². The molecular formula is C19H25N3O2. The molecule has 0 saturated carbocycles. The SMILES string of the molecule is Cc1[nH]c2ccc(C(=O)NCC(C)CN3CCCC3=O)cc2c1C. The third-order valence-corrected chi connectivity index (χ3v) is 4.88. The summed E-state index contributed by atoms with van der Waals surface area (Å²) in [6.45, 7) is 8.30. The van der Waals surface area contributed by atoms with E-state index in [9.17, 15) is 9.59 Å². The molecule has 2 N–H and O–H groups in total. The van der Waals surface area contributed by atoms with Crippen molar-refractivity contribution in [2.45, 2.75) is 33.6 Å². The molecule has 0 spiro atoms. The number of benzene rings is 1. The van der Waals surface area contributed by atoms with E-state index >= 15 is 0 Å². The molecule has 0 radical (unpaired) electrons. The molecule has 1 aliphatic heterocycles. The summed E-state index contributed by atoms with van der Waals surface area (Å²) in [7, 11) is 0. The van der Waals surface area contributed by atoms with Gasteiger partial charge in [0.15, 0.2) is 0 Å². The van der Waals surface area contributed by atoms with Crippen LogP contribution in [0, 0.1) is 19.8 Å². The molecule has 1 aromatic heterocycles. The molecule has 128 valence electrons. The van der Waals surface area contributed by atoms with Crippen LogP contribution in [0.4, 0.5) is 0 Å². The highest BCUT2D eigenvalue weighted by Crippen LogP contribution is 2.22. The standard InChI is InChI=1S/C19H25N3O2/c1-12(11-22-8-4-5-18(22)23)10-20-19(24)15-6-7-17-16(9-15)13(2)14(3)21-17/h6-7,9,12,21H,4-5,8,10-11H2,1-3H3,(H,20,24). The monoisotopic (exact) mass is 327 g/mol. The number of aryl methyl sites for hydroxylation is 2. The first-order chi connectivity index (χ1) is 11.5. The zero-order valence-corrected chi connectivity index (χ0v) is 14.6. The highest BCUT2D eigenvalue weighted by molar-refractivity contribution is 5.99. The number of H-pyrrole nitrogens is 1. The normalized spacial score (nSPS) is 16.0. The van der Waals surface area contributed by atoms with Crippen molar-refractivity contribution >= 4 is 22.7 Å². The largest absolute Gasteiger partial charge is 0.358 e. The highest BCUT2D eigenvalue weighted by Gasteiger charge is 2.22. The third kappa shape index (κ3) is 3.30. The summed E-state index contributed by atoms with van der Waals surface area (Å²) >= 11 is 0. The number of amides is 2. The molecule has 1 fully saturated rings. The molecule has 3 rings (SSSR count). The summed E-state index contributed by atoms with van der Waals surface area (Å²) in [5.74, 6) is 0.419. The van der Waals surface area contributed by atoms with Crippen LogP contribution in [0.5, 0.6) is 0 Å². The van der Waals surface area contributed by atoms with Crippen LogP contribution < -0.4 is 5.32 Å². The van der Waals surface area contributed by atoms with Gasteiger partial charge in [-0.3, -0.25) is 9.59 Å². The summed E-state index contributed by atoms with van der Waals surface area (Å²) in [5.41, 5.74) is 4.04. The second kappa shape index (κ2) is 6.67. The third-order valence-electron chi connectivity index (χ3n) is 4.88. The first-order valence-electron chi connectivity index (χ1n) is 8.60. The molecule has 0 aliphatic carbocycles. The Morgan fingerprint density at radius 2 is 2.17 bits per heavy atom. The predicted octanol–water partition coefficient (Wildman–Crippen LogP) is 2.77. The Bertz CT molecular complexity index is 778. The van der Waals surface area contributed by atoms with E-state index in [1.54, 1.807) is 0 Å². The van der Waals surface area contributed by atoms with Crippen molar-refractivity contribution in [3.05, 3.63) is 35.0 Å². The van der Waals surface area contributed by atoms with Gasteiger partial charge in [-0.2, -0.15) is 0 Å². The fraction of sp³-hybridized carbons (Fsp3) is 0.474. The Hall–Kier alpha value is -2.30. The van der Waals surface area contributed by atoms with Crippen LogP contribution in [-0.4, -0.2) is 41.3 Å². The van der Waals surface area contributed by atoms with Crippen LogP contribution in [0.3, 0.4) is 0 Å². The van der Waals surface area contributed by atoms with Gasteiger partial charge < -0.3 is 15.2 Å². The van der Waals surface area contributed by atoms with E-state index < -0.39 is 0 Å². The van der Waals surface area contributed by atoms with Gasteiger partial charge in [-0.1, -0.05) is 6.92 Å². The fourth-order valence-corrected chi connectivity index (χ4v) is 3.31. The summed E-state index contributed by atoms with van der Waals surface area (Å²) in [6, 6.07) is 5.75. The van der Waals surface area contributed by atoms with Crippen molar-refractivity contribution in [1.29, 1.82) is 0 Å². The molecule has 2 aromatic rings. The fourth-order valence-electron chi connectivity index (χ4n) is 3.31. The van der Waals surface area contributed by atoms with Crippen molar-refractivity contribution in [2.24, 2.45) is 5.92 Å². The van der Waals surface area contributed by atoms with Gasteiger partial charge >= 0.3 is 0 Å². The number of likely N-dealkylation sites (tertiary alicyclic amines) is 1. The zero-order chi connectivity index (χ0) is 17.3. The summed E-state index contributed by atoms with van der Waals surface area (Å²) < 4.78 is 0. The van der Waals surface area contributed by atoms with E-state index in [0.717, 1.165) is 29.6 Å². The van der Waals surface area contributed by atoms with Crippen molar-refractivity contribution in [3.63, 3.8) is 0 Å². The van der Waals surface area contributed by atoms with Gasteiger partial charge in [0.1, 0.15) is 0 Å². The van der Waals surface area contributed by atoms with E-state index in [4.69, 9.17) is 0 Å². The zero-order valence-electron chi connectivity index (χ0n) is 14.6. The molecule has 1 unspecified atom stereocenters. The molecule has 1 saturated heterocycles. The first kappa shape index (κ1) is 16.6. The number of aromatic amines is 1. The van der Waals surface area contributed by atoms with Crippen LogP contribution in [0.25, 0.3) is 10.9 Å². The van der Waals surface area contributed by atoms with E-state index in [1.165, 1.54) is 5.56 Å². The van der Waals surface area contributed by atoms with Gasteiger partial charge in [0.05, 0.1) is 0 Å². The number of hydrogen-bond donors (Lipinski definition) is 2. The Morgan fingerprint density at radius 3 is 2.88 bits per heavy atom. The van der Waals surface area contributed by atoms with Gasteiger partial charge in [0, 0.05) is 48.2 Å². The number of hydrogen-bond acceptors (Lipinski definition) is 2. The van der Waals surface area contributed by atoms with Gasteiger partial charge in [-0.25, -0.2) is 0 Å². The van der Waals surface area contributed by atoms with Crippen molar-refractivity contribution in [2.75, 3.05) is 19.6 Å². The average Bonchev–Trinajstić information content (AvgIpc) is 3.09. The topological polar surface area (TPSA) is 65.2 Å². The lowest BCUT2D eigenvalue weighted by Crippen LogP contribution is -2.36. The molecule has 5 nitrogen and oxygen atoms in total. The molecule has 24 heavy (non-hydrogen) atoms. The number of nitrogens with zero attached hydrogens (tertiary/aromatic N) is 1. The Kier molecular flexibility index (Phi) is 4.60. The van der Waals surface area contributed by atoms with Crippen molar-refractivity contribution in [3.8, 4) is 0 Å². The van der Waals surface area contributed by atoms with E-state index in [0.29, 0.717) is 25.1 Å². The molecule has 1 atom stereocenters. The Balaban J connectivity index is 1.60. The lowest BCUT2D eigenvalue weighted by Gasteiger charge is -2.21. The lowest BCUT2D eigenvalue weighted by molar-refractivity contribution is -0.128. The van der Waals surface area contributed by atoms with Crippen LogP contribution in [0.1, 0.15) is 41.4 Å². The summed E-state index contributed by atoms with van der Waals surface area (Å²) in [4.78, 5) is 29.3. The number of carbonyl (C=O) groups is 2. The number of aromatic nitrogens is 1. The molecule has 2 heterocycles. The quantitative estimate of drug-likeness (QED) is 0.887. The second-order valence-corrected chi connectivity index (χ2v) is 6.89. The van der Waals surface area contributed by atoms with E-state index in [1.807, 2.05) is 30.0 Å². The van der Waals surface area contributed by atoms with Crippen molar-refractivity contribution in [1.82, 2.24) is 15.2 Å². The molecule has 1 aromatic carbocycles. The maximum atomic E-state index is 12.4. The summed E-state index contributed by atoms with van der Waals surface area (Å²) in [5, 5.41) is 4.08. The minimum absolute atomic E-state index is 0.0604. The number of fused-ring (bicyclic) bond motifs is 1. The van der Waals surface area contributed by atoms with Gasteiger partial charge in [0.25, 0.3) is 5.91 Å². The van der Waals surface area contributed by atoms with Crippen LogP contribution in [-0.2, 0) is 4.79 Å². The van der Waals surface area contributed by atoms with Crippen LogP contribution >= 0.6 is 0 Å². The predicted molar refractivity (Wildman–Crippen MR) is 95.1 cm³/mol. The van der Waals surface area contributed by atoms with Gasteiger partial charge in [0.2, 0.25) is 5.91 Å². The number of nitrogens with one attached hydrogen (secondary N) is 2. The average molecular weight is 327 g/mol. The minimum atomic E-state index is -0.0604. The van der Waals surface area contributed by atoms with Gasteiger partial charge in [-0.15, -0.1) is 0 Å². The van der Waals surface area contributed by atoms with Gasteiger partial charge in [-0.05, 0) is 49.9 Å². The van der Waals surface area contributed by atoms with E-state index in [-0.39, 0.29) is 17.7 Å². The maximum Gasteiger partial charge on any atom is 0.251 e. The molecule has 5 heteroatoms. The Labute approximate surface area is 142 Å².